The lowest BCUT2D eigenvalue weighted by molar-refractivity contribution is 0.352. The highest BCUT2D eigenvalue weighted by molar-refractivity contribution is 5.43. The maximum Gasteiger partial charge on any atom is 0.135 e. The minimum absolute atomic E-state index is 0.00233. The summed E-state index contributed by atoms with van der Waals surface area (Å²) in [5, 5.41) is 3.51. The van der Waals surface area contributed by atoms with E-state index in [1.165, 1.54) is 31.5 Å². The second kappa shape index (κ2) is 6.53. The maximum absolute atomic E-state index is 4.74. The molecule has 2 rings (SSSR count). The van der Waals surface area contributed by atoms with E-state index < -0.39 is 0 Å². The van der Waals surface area contributed by atoms with Gasteiger partial charge in [-0.05, 0) is 32.4 Å². The van der Waals surface area contributed by atoms with Crippen LogP contribution in [-0.2, 0) is 11.8 Å². The molecule has 0 unspecified atom stereocenters. The van der Waals surface area contributed by atoms with E-state index in [1.54, 1.807) is 0 Å². The summed E-state index contributed by atoms with van der Waals surface area (Å²) in [4.78, 5) is 11.8. The van der Waals surface area contributed by atoms with Crippen LogP contribution in [0.1, 0.15) is 51.9 Å². The molecule has 0 aliphatic carbocycles. The van der Waals surface area contributed by atoms with Gasteiger partial charge in [-0.3, -0.25) is 0 Å². The van der Waals surface area contributed by atoms with E-state index in [9.17, 15) is 0 Å². The van der Waals surface area contributed by atoms with Crippen LogP contribution in [0.5, 0.6) is 0 Å². The Morgan fingerprint density at radius 3 is 2.55 bits per heavy atom. The van der Waals surface area contributed by atoms with Gasteiger partial charge in [-0.2, -0.15) is 0 Å². The van der Waals surface area contributed by atoms with Crippen molar-refractivity contribution in [2.24, 2.45) is 0 Å². The molecule has 0 bridgehead atoms. The van der Waals surface area contributed by atoms with E-state index in [4.69, 9.17) is 4.98 Å². The predicted molar refractivity (Wildman–Crippen MR) is 84.3 cm³/mol. The normalized spacial score (nSPS) is 16.6. The quantitative estimate of drug-likeness (QED) is 0.898. The first-order valence-electron chi connectivity index (χ1n) is 7.83. The first-order chi connectivity index (χ1) is 9.50. The summed E-state index contributed by atoms with van der Waals surface area (Å²) in [6, 6.07) is 0. The standard InChI is InChI=1S/C16H28N4/c1-5-13-12-18-15(16(2,3)4)19-14(13)17-8-11-20-9-6-7-10-20/h12H,5-11H2,1-4H3,(H,17,18,19). The van der Waals surface area contributed by atoms with Crippen LogP contribution in [0.2, 0.25) is 0 Å². The molecule has 1 aliphatic heterocycles. The Labute approximate surface area is 123 Å². The molecule has 1 aromatic heterocycles. The lowest BCUT2D eigenvalue weighted by Gasteiger charge is -2.20. The molecule has 4 nitrogen and oxygen atoms in total. The van der Waals surface area contributed by atoms with Crippen molar-refractivity contribution < 1.29 is 0 Å². The number of aromatic nitrogens is 2. The van der Waals surface area contributed by atoms with E-state index >= 15 is 0 Å². The predicted octanol–water partition coefficient (Wildman–Crippen LogP) is 2.84. The zero-order valence-electron chi connectivity index (χ0n) is 13.4. The van der Waals surface area contributed by atoms with Crippen molar-refractivity contribution in [3.05, 3.63) is 17.6 Å². The van der Waals surface area contributed by atoms with Gasteiger partial charge in [-0.1, -0.05) is 27.7 Å². The Kier molecular flexibility index (Phi) is 4.97. The topological polar surface area (TPSA) is 41.1 Å². The molecule has 20 heavy (non-hydrogen) atoms. The number of aryl methyl sites for hydroxylation is 1. The van der Waals surface area contributed by atoms with Gasteiger partial charge in [-0.15, -0.1) is 0 Å². The average Bonchev–Trinajstić information content (AvgIpc) is 2.90. The Balaban J connectivity index is 2.00. The van der Waals surface area contributed by atoms with Crippen LogP contribution in [0.4, 0.5) is 5.82 Å². The zero-order valence-corrected chi connectivity index (χ0v) is 13.4. The molecular weight excluding hydrogens is 248 g/mol. The van der Waals surface area contributed by atoms with Crippen molar-refractivity contribution in [1.29, 1.82) is 0 Å². The summed E-state index contributed by atoms with van der Waals surface area (Å²) in [7, 11) is 0. The summed E-state index contributed by atoms with van der Waals surface area (Å²) >= 11 is 0. The van der Waals surface area contributed by atoms with Crippen molar-refractivity contribution in [3.8, 4) is 0 Å². The first-order valence-corrected chi connectivity index (χ1v) is 7.83. The molecule has 0 saturated carbocycles. The molecule has 1 fully saturated rings. The van der Waals surface area contributed by atoms with E-state index in [0.717, 1.165) is 31.2 Å². The van der Waals surface area contributed by atoms with Gasteiger partial charge in [0, 0.05) is 30.3 Å². The second-order valence-corrected chi connectivity index (χ2v) is 6.65. The van der Waals surface area contributed by atoms with E-state index in [0.29, 0.717) is 0 Å². The largest absolute Gasteiger partial charge is 0.368 e. The highest BCUT2D eigenvalue weighted by Gasteiger charge is 2.19. The molecule has 4 heteroatoms. The third kappa shape index (κ3) is 3.92. The van der Waals surface area contributed by atoms with Crippen LogP contribution in [0.15, 0.2) is 6.20 Å². The van der Waals surface area contributed by atoms with Gasteiger partial charge < -0.3 is 10.2 Å². The maximum atomic E-state index is 4.74. The molecule has 0 atom stereocenters. The Morgan fingerprint density at radius 1 is 1.25 bits per heavy atom. The first kappa shape index (κ1) is 15.2. The minimum atomic E-state index is -0.00233. The molecule has 0 radical (unpaired) electrons. The lowest BCUT2D eigenvalue weighted by Crippen LogP contribution is -2.27. The molecule has 0 spiro atoms. The van der Waals surface area contributed by atoms with Crippen molar-refractivity contribution in [1.82, 2.24) is 14.9 Å². The van der Waals surface area contributed by atoms with Crippen LogP contribution in [-0.4, -0.2) is 41.0 Å². The summed E-state index contributed by atoms with van der Waals surface area (Å²) in [6.45, 7) is 13.2. The van der Waals surface area contributed by atoms with Gasteiger partial charge in [-0.25, -0.2) is 9.97 Å². The monoisotopic (exact) mass is 276 g/mol. The van der Waals surface area contributed by atoms with Crippen LogP contribution >= 0.6 is 0 Å². The summed E-state index contributed by atoms with van der Waals surface area (Å²) < 4.78 is 0. The fraction of sp³-hybridized carbons (Fsp3) is 0.750. The van der Waals surface area contributed by atoms with Gasteiger partial charge in [0.25, 0.3) is 0 Å². The Hall–Kier alpha value is -1.16. The van der Waals surface area contributed by atoms with Gasteiger partial charge in [0.1, 0.15) is 11.6 Å². The zero-order chi connectivity index (χ0) is 14.6. The molecule has 1 N–H and O–H groups in total. The molecule has 0 amide bonds. The Morgan fingerprint density at radius 2 is 1.95 bits per heavy atom. The number of nitrogens with one attached hydrogen (secondary N) is 1. The third-order valence-corrected chi connectivity index (χ3v) is 3.84. The molecule has 112 valence electrons. The molecule has 0 aromatic carbocycles. The van der Waals surface area contributed by atoms with Crippen LogP contribution in [0.25, 0.3) is 0 Å². The fourth-order valence-electron chi connectivity index (χ4n) is 2.52. The van der Waals surface area contributed by atoms with E-state index in [1.807, 2.05) is 6.20 Å². The molecule has 1 saturated heterocycles. The van der Waals surface area contributed by atoms with Crippen molar-refractivity contribution >= 4 is 5.82 Å². The van der Waals surface area contributed by atoms with Gasteiger partial charge >= 0.3 is 0 Å². The highest BCUT2D eigenvalue weighted by atomic mass is 15.2. The molecule has 1 aromatic rings. The van der Waals surface area contributed by atoms with Gasteiger partial charge in [0.05, 0.1) is 0 Å². The van der Waals surface area contributed by atoms with Crippen LogP contribution in [0.3, 0.4) is 0 Å². The van der Waals surface area contributed by atoms with Crippen molar-refractivity contribution in [2.45, 2.75) is 52.4 Å². The Bertz CT molecular complexity index is 431. The third-order valence-electron chi connectivity index (χ3n) is 3.84. The fourth-order valence-corrected chi connectivity index (χ4v) is 2.52. The highest BCUT2D eigenvalue weighted by Crippen LogP contribution is 2.21. The summed E-state index contributed by atoms with van der Waals surface area (Å²) in [5.41, 5.74) is 1.21. The van der Waals surface area contributed by atoms with Crippen molar-refractivity contribution in [3.63, 3.8) is 0 Å². The second-order valence-electron chi connectivity index (χ2n) is 6.65. The molecule has 2 heterocycles. The van der Waals surface area contributed by atoms with Gasteiger partial charge in [0.15, 0.2) is 0 Å². The lowest BCUT2D eigenvalue weighted by atomic mass is 9.95. The van der Waals surface area contributed by atoms with Crippen molar-refractivity contribution in [2.75, 3.05) is 31.5 Å². The number of hydrogen-bond acceptors (Lipinski definition) is 4. The molecule has 1 aliphatic rings. The number of anilines is 1. The van der Waals surface area contributed by atoms with E-state index in [-0.39, 0.29) is 5.41 Å². The number of nitrogens with zero attached hydrogens (tertiary/aromatic N) is 3. The molecular formula is C16H28N4. The smallest absolute Gasteiger partial charge is 0.135 e. The van der Waals surface area contributed by atoms with Crippen LogP contribution in [0, 0.1) is 0 Å². The number of rotatable bonds is 5. The van der Waals surface area contributed by atoms with Crippen LogP contribution < -0.4 is 5.32 Å². The average molecular weight is 276 g/mol. The number of likely N-dealkylation sites (tertiary alicyclic amines) is 1. The summed E-state index contributed by atoms with van der Waals surface area (Å²) in [6.07, 6.45) is 5.64. The SMILES string of the molecule is CCc1cnc(C(C)(C)C)nc1NCCN1CCCC1. The van der Waals surface area contributed by atoms with E-state index in [2.05, 4.69) is 42.9 Å². The number of hydrogen-bond donors (Lipinski definition) is 1. The van der Waals surface area contributed by atoms with Gasteiger partial charge in [0.2, 0.25) is 0 Å². The summed E-state index contributed by atoms with van der Waals surface area (Å²) in [5.74, 6) is 1.94. The minimum Gasteiger partial charge on any atom is -0.368 e.